The molecule has 1 N–H and O–H groups in total. The van der Waals surface area contributed by atoms with Gasteiger partial charge in [-0.25, -0.2) is 13.4 Å². The Bertz CT molecular complexity index is 1380. The first-order valence-electron chi connectivity index (χ1n) is 9.13. The molecule has 0 unspecified atom stereocenters. The van der Waals surface area contributed by atoms with Crippen molar-refractivity contribution in [2.45, 2.75) is 25.3 Å². The highest BCUT2D eigenvalue weighted by atomic mass is 32.2. The molecule has 0 saturated heterocycles. The van der Waals surface area contributed by atoms with E-state index in [2.05, 4.69) is 9.71 Å². The first-order chi connectivity index (χ1) is 14.3. The molecule has 0 radical (unpaired) electrons. The van der Waals surface area contributed by atoms with Crippen molar-refractivity contribution in [2.24, 2.45) is 0 Å². The molecule has 2 aromatic heterocycles. The lowest BCUT2D eigenvalue weighted by atomic mass is 10.2. The zero-order chi connectivity index (χ0) is 21.3. The van der Waals surface area contributed by atoms with Gasteiger partial charge in [0.05, 0.1) is 16.3 Å². The molecule has 8 nitrogen and oxygen atoms in total. The number of hydrogen-bond donors (Lipinski definition) is 1. The summed E-state index contributed by atoms with van der Waals surface area (Å²) in [7, 11) is -3.78. The van der Waals surface area contributed by atoms with Gasteiger partial charge in [-0.2, -0.15) is 0 Å². The highest BCUT2D eigenvalue weighted by molar-refractivity contribution is 7.92. The van der Waals surface area contributed by atoms with E-state index in [4.69, 9.17) is 9.26 Å². The third-order valence-electron chi connectivity index (χ3n) is 4.33. The van der Waals surface area contributed by atoms with E-state index in [0.717, 1.165) is 10.1 Å². The fraction of sp³-hybridized carbons (Fsp3) is 0.143. The summed E-state index contributed by atoms with van der Waals surface area (Å²) in [6.45, 7) is 3.58. The Morgan fingerprint density at radius 2 is 1.83 bits per heavy atom. The van der Waals surface area contributed by atoms with E-state index in [1.807, 2.05) is 6.92 Å². The second-order valence-corrected chi connectivity index (χ2v) is 8.47. The Balaban J connectivity index is 1.61. The molecule has 0 atom stereocenters. The number of nitrogens with one attached hydrogen (secondary N) is 1. The molecule has 154 valence electrons. The highest BCUT2D eigenvalue weighted by Crippen LogP contribution is 2.29. The molecule has 30 heavy (non-hydrogen) atoms. The van der Waals surface area contributed by atoms with Crippen LogP contribution in [0.25, 0.3) is 5.65 Å². The molecular formula is C21H19N3O5S. The van der Waals surface area contributed by atoms with Gasteiger partial charge in [0.15, 0.2) is 5.65 Å². The number of fused-ring (bicyclic) bond motifs is 1. The molecule has 2 aromatic carbocycles. The summed E-state index contributed by atoms with van der Waals surface area (Å²) in [6.07, 6.45) is 0. The van der Waals surface area contributed by atoms with Gasteiger partial charge in [-0.05, 0) is 43.7 Å². The SMILES string of the molecule is Cc1ccc(NS(=O)(=O)c2ccccc2)c(OCc2cc(=O)n3oc(C)cc3n2)c1. The minimum absolute atomic E-state index is 0.0144. The Hall–Kier alpha value is -3.59. The maximum Gasteiger partial charge on any atom is 0.287 e. The zero-order valence-electron chi connectivity index (χ0n) is 16.3. The molecule has 0 aliphatic rings. The highest BCUT2D eigenvalue weighted by Gasteiger charge is 2.17. The monoisotopic (exact) mass is 425 g/mol. The Kier molecular flexibility index (Phi) is 5.04. The summed E-state index contributed by atoms with van der Waals surface area (Å²) in [6, 6.07) is 16.2. The van der Waals surface area contributed by atoms with Crippen molar-refractivity contribution in [1.29, 1.82) is 0 Å². The van der Waals surface area contributed by atoms with Gasteiger partial charge < -0.3 is 9.26 Å². The van der Waals surface area contributed by atoms with Crippen molar-refractivity contribution in [3.63, 3.8) is 0 Å². The predicted molar refractivity (Wildman–Crippen MR) is 111 cm³/mol. The molecule has 0 amide bonds. The van der Waals surface area contributed by atoms with Crippen LogP contribution in [0.4, 0.5) is 5.69 Å². The van der Waals surface area contributed by atoms with E-state index in [9.17, 15) is 13.2 Å². The maximum absolute atomic E-state index is 12.7. The Morgan fingerprint density at radius 3 is 2.60 bits per heavy atom. The Labute approximate surface area is 172 Å². The second-order valence-electron chi connectivity index (χ2n) is 6.79. The van der Waals surface area contributed by atoms with E-state index >= 15 is 0 Å². The summed E-state index contributed by atoms with van der Waals surface area (Å²) in [4.78, 5) is 16.7. The molecule has 0 fully saturated rings. The number of rotatable bonds is 6. The van der Waals surface area contributed by atoms with Crippen LogP contribution in [0.2, 0.25) is 0 Å². The van der Waals surface area contributed by atoms with E-state index in [-0.39, 0.29) is 17.1 Å². The first-order valence-corrected chi connectivity index (χ1v) is 10.6. The van der Waals surface area contributed by atoms with Crippen molar-refractivity contribution in [3.05, 3.63) is 88.0 Å². The number of aryl methyl sites for hydroxylation is 2. The van der Waals surface area contributed by atoms with E-state index in [1.54, 1.807) is 49.4 Å². The standard InChI is InChI=1S/C21H19N3O5S/c1-14-8-9-18(23-30(26,27)17-6-4-3-5-7-17)19(10-14)28-13-16-12-21(25)24-20(22-16)11-15(2)29-24/h3-12,23H,13H2,1-2H3. The average Bonchev–Trinajstić information content (AvgIpc) is 3.09. The lowest BCUT2D eigenvalue weighted by Crippen LogP contribution is -2.15. The van der Waals surface area contributed by atoms with Crippen molar-refractivity contribution in [2.75, 3.05) is 4.72 Å². The molecule has 0 saturated carbocycles. The fourth-order valence-corrected chi connectivity index (χ4v) is 4.03. The first kappa shape index (κ1) is 19.7. The third kappa shape index (κ3) is 4.06. The molecule has 0 aliphatic carbocycles. The van der Waals surface area contributed by atoms with Gasteiger partial charge >= 0.3 is 0 Å². The average molecular weight is 425 g/mol. The van der Waals surface area contributed by atoms with Crippen molar-refractivity contribution < 1.29 is 17.7 Å². The maximum atomic E-state index is 12.7. The van der Waals surface area contributed by atoms with Crippen LogP contribution in [0, 0.1) is 13.8 Å². The molecule has 4 aromatic rings. The van der Waals surface area contributed by atoms with E-state index in [0.29, 0.717) is 28.5 Å². The number of aromatic nitrogens is 2. The largest absolute Gasteiger partial charge is 0.485 e. The van der Waals surface area contributed by atoms with Crippen LogP contribution in [0.3, 0.4) is 0 Å². The molecule has 4 rings (SSSR count). The van der Waals surface area contributed by atoms with Crippen molar-refractivity contribution in [3.8, 4) is 5.75 Å². The van der Waals surface area contributed by atoms with Crippen LogP contribution in [0.15, 0.2) is 74.9 Å². The minimum atomic E-state index is -3.78. The van der Waals surface area contributed by atoms with Gasteiger partial charge in [0.1, 0.15) is 18.1 Å². The minimum Gasteiger partial charge on any atom is -0.485 e. The summed E-state index contributed by atoms with van der Waals surface area (Å²) in [5.74, 6) is 0.897. The summed E-state index contributed by atoms with van der Waals surface area (Å²) < 4.78 is 40.1. The number of sulfonamides is 1. The van der Waals surface area contributed by atoms with Gasteiger partial charge in [0.2, 0.25) is 0 Å². The fourth-order valence-electron chi connectivity index (χ4n) is 2.94. The lowest BCUT2D eigenvalue weighted by molar-refractivity contribution is 0.300. The quantitative estimate of drug-likeness (QED) is 0.509. The van der Waals surface area contributed by atoms with Gasteiger partial charge in [0, 0.05) is 12.1 Å². The summed E-state index contributed by atoms with van der Waals surface area (Å²) in [5, 5.41) is 0. The van der Waals surface area contributed by atoms with E-state index in [1.165, 1.54) is 18.2 Å². The van der Waals surface area contributed by atoms with E-state index < -0.39 is 10.0 Å². The number of hydrogen-bond acceptors (Lipinski definition) is 6. The van der Waals surface area contributed by atoms with Crippen molar-refractivity contribution in [1.82, 2.24) is 9.56 Å². The van der Waals surface area contributed by atoms with Crippen LogP contribution in [0.5, 0.6) is 5.75 Å². The smallest absolute Gasteiger partial charge is 0.287 e. The lowest BCUT2D eigenvalue weighted by Gasteiger charge is -2.14. The third-order valence-corrected chi connectivity index (χ3v) is 5.72. The van der Waals surface area contributed by atoms with Gasteiger partial charge in [-0.15, -0.1) is 4.57 Å². The zero-order valence-corrected chi connectivity index (χ0v) is 17.1. The van der Waals surface area contributed by atoms with Crippen LogP contribution in [-0.4, -0.2) is 18.0 Å². The molecule has 0 aliphatic heterocycles. The molecular weight excluding hydrogens is 406 g/mol. The number of nitrogens with zero attached hydrogens (tertiary/aromatic N) is 2. The Morgan fingerprint density at radius 1 is 1.07 bits per heavy atom. The predicted octanol–water partition coefficient (Wildman–Crippen LogP) is 3.28. The second kappa shape index (κ2) is 7.68. The number of benzene rings is 2. The van der Waals surface area contributed by atoms with Gasteiger partial charge in [0.25, 0.3) is 15.6 Å². The number of ether oxygens (including phenoxy) is 1. The van der Waals surface area contributed by atoms with Crippen LogP contribution in [0.1, 0.15) is 17.0 Å². The molecule has 2 heterocycles. The van der Waals surface area contributed by atoms with Crippen LogP contribution >= 0.6 is 0 Å². The van der Waals surface area contributed by atoms with Crippen LogP contribution < -0.4 is 15.0 Å². The number of anilines is 1. The normalized spacial score (nSPS) is 11.5. The van der Waals surface area contributed by atoms with Gasteiger partial charge in [-0.3, -0.25) is 9.52 Å². The molecule has 0 spiro atoms. The molecule has 9 heteroatoms. The summed E-state index contributed by atoms with van der Waals surface area (Å²) >= 11 is 0. The van der Waals surface area contributed by atoms with Crippen LogP contribution in [-0.2, 0) is 16.6 Å². The molecule has 0 bridgehead atoms. The summed E-state index contributed by atoms with van der Waals surface area (Å²) in [5.41, 5.74) is 1.61. The topological polar surface area (TPSA) is 103 Å². The van der Waals surface area contributed by atoms with Crippen molar-refractivity contribution >= 4 is 21.4 Å². The van der Waals surface area contributed by atoms with Gasteiger partial charge in [-0.1, -0.05) is 24.3 Å².